The van der Waals surface area contributed by atoms with Gasteiger partial charge in [0.2, 0.25) is 0 Å². The van der Waals surface area contributed by atoms with E-state index in [4.69, 9.17) is 5.11 Å². The average Bonchev–Trinajstić information content (AvgIpc) is 2.18. The van der Waals surface area contributed by atoms with Crippen molar-refractivity contribution in [3.63, 3.8) is 0 Å². The summed E-state index contributed by atoms with van der Waals surface area (Å²) in [4.78, 5) is 10.4. The maximum Gasteiger partial charge on any atom is 0.405 e. The molecule has 0 aliphatic rings. The summed E-state index contributed by atoms with van der Waals surface area (Å²) in [7, 11) is 0. The fourth-order valence-electron chi connectivity index (χ4n) is 1.32. The Kier molecular flexibility index (Phi) is 3.78. The van der Waals surface area contributed by atoms with Crippen molar-refractivity contribution in [1.29, 1.82) is 0 Å². The Morgan fingerprint density at radius 3 is 2.44 bits per heavy atom. The zero-order chi connectivity index (χ0) is 12.3. The quantitative estimate of drug-likeness (QED) is 0.740. The highest BCUT2D eigenvalue weighted by Crippen LogP contribution is 2.19. The van der Waals surface area contributed by atoms with Gasteiger partial charge in [0, 0.05) is 0 Å². The van der Waals surface area contributed by atoms with Crippen LogP contribution in [0, 0.1) is 11.6 Å². The normalized spacial score (nSPS) is 14.2. The summed E-state index contributed by atoms with van der Waals surface area (Å²) < 4.78 is 25.6. The topological polar surface area (TPSA) is 69.6 Å². The summed E-state index contributed by atoms with van der Waals surface area (Å²) in [6.45, 7) is 1.35. The van der Waals surface area contributed by atoms with Crippen molar-refractivity contribution in [2.24, 2.45) is 0 Å². The molecule has 2 unspecified atom stereocenters. The lowest BCUT2D eigenvalue weighted by Crippen LogP contribution is -2.34. The number of hydrogen-bond acceptors (Lipinski definition) is 2. The minimum absolute atomic E-state index is 0.163. The van der Waals surface area contributed by atoms with Crippen LogP contribution in [0.25, 0.3) is 0 Å². The molecular weight excluding hydrogens is 220 g/mol. The van der Waals surface area contributed by atoms with Crippen molar-refractivity contribution in [3.05, 3.63) is 35.4 Å². The second kappa shape index (κ2) is 4.89. The van der Waals surface area contributed by atoms with E-state index in [0.29, 0.717) is 0 Å². The molecule has 2 atom stereocenters. The lowest BCUT2D eigenvalue weighted by molar-refractivity contribution is 0.133. The molecule has 0 heterocycles. The molecule has 1 aromatic rings. The Labute approximate surface area is 90.5 Å². The monoisotopic (exact) mass is 231 g/mol. The van der Waals surface area contributed by atoms with Crippen molar-refractivity contribution in [2.45, 2.75) is 19.1 Å². The minimum atomic E-state index is -1.35. The number of hydrogen-bond donors (Lipinski definition) is 3. The number of carbonyl (C=O) groups is 1. The maximum absolute atomic E-state index is 12.9. The molecule has 4 nitrogen and oxygen atoms in total. The predicted molar refractivity (Wildman–Crippen MR) is 51.9 cm³/mol. The molecule has 1 amide bonds. The third-order valence-electron chi connectivity index (χ3n) is 2.06. The average molecular weight is 231 g/mol. The Bertz CT molecular complexity index is 396. The first-order valence-electron chi connectivity index (χ1n) is 4.54. The SMILES string of the molecule is CC(O)C(NC(=O)O)c1ccc(F)c(F)c1. The molecule has 3 N–H and O–H groups in total. The fraction of sp³-hybridized carbons (Fsp3) is 0.300. The molecule has 0 aromatic heterocycles. The van der Waals surface area contributed by atoms with Crippen LogP contribution >= 0.6 is 0 Å². The zero-order valence-electron chi connectivity index (χ0n) is 8.45. The minimum Gasteiger partial charge on any atom is -0.465 e. The molecule has 0 bridgehead atoms. The Morgan fingerprint density at radius 2 is 2.00 bits per heavy atom. The largest absolute Gasteiger partial charge is 0.465 e. The van der Waals surface area contributed by atoms with Crippen LogP contribution in [0.4, 0.5) is 13.6 Å². The number of halogens is 2. The number of carboxylic acid groups (broad SMARTS) is 1. The fourth-order valence-corrected chi connectivity index (χ4v) is 1.32. The van der Waals surface area contributed by atoms with Crippen molar-refractivity contribution >= 4 is 6.09 Å². The highest BCUT2D eigenvalue weighted by Gasteiger charge is 2.20. The van der Waals surface area contributed by atoms with E-state index < -0.39 is 29.9 Å². The molecule has 1 rings (SSSR count). The van der Waals surface area contributed by atoms with Gasteiger partial charge in [0.1, 0.15) is 0 Å². The molecular formula is C10H11F2NO3. The van der Waals surface area contributed by atoms with Gasteiger partial charge in [0.05, 0.1) is 12.1 Å². The molecule has 0 saturated carbocycles. The maximum atomic E-state index is 12.9. The summed E-state index contributed by atoms with van der Waals surface area (Å²) in [6, 6.07) is 1.95. The lowest BCUT2D eigenvalue weighted by atomic mass is 10.0. The number of aliphatic hydroxyl groups is 1. The molecule has 0 aliphatic heterocycles. The summed E-state index contributed by atoms with van der Waals surface area (Å²) in [5.74, 6) is -2.11. The van der Waals surface area contributed by atoms with E-state index in [1.807, 2.05) is 5.32 Å². The second-order valence-corrected chi connectivity index (χ2v) is 3.34. The molecule has 16 heavy (non-hydrogen) atoms. The first-order chi connectivity index (χ1) is 7.41. The molecule has 6 heteroatoms. The number of rotatable bonds is 3. The van der Waals surface area contributed by atoms with Gasteiger partial charge in [-0.2, -0.15) is 0 Å². The van der Waals surface area contributed by atoms with Gasteiger partial charge in [-0.3, -0.25) is 0 Å². The lowest BCUT2D eigenvalue weighted by Gasteiger charge is -2.20. The van der Waals surface area contributed by atoms with Gasteiger partial charge < -0.3 is 15.5 Å². The highest BCUT2D eigenvalue weighted by molar-refractivity contribution is 5.65. The van der Waals surface area contributed by atoms with Gasteiger partial charge in [-0.15, -0.1) is 0 Å². The molecule has 0 aliphatic carbocycles. The Morgan fingerprint density at radius 1 is 1.38 bits per heavy atom. The Balaban J connectivity index is 3.01. The van der Waals surface area contributed by atoms with Crippen LogP contribution in [0.15, 0.2) is 18.2 Å². The first-order valence-corrected chi connectivity index (χ1v) is 4.54. The van der Waals surface area contributed by atoms with E-state index in [1.54, 1.807) is 0 Å². The van der Waals surface area contributed by atoms with Gasteiger partial charge in [0.15, 0.2) is 11.6 Å². The number of amides is 1. The van der Waals surface area contributed by atoms with Crippen molar-refractivity contribution in [1.82, 2.24) is 5.32 Å². The van der Waals surface area contributed by atoms with Gasteiger partial charge in [-0.25, -0.2) is 13.6 Å². The van der Waals surface area contributed by atoms with Gasteiger partial charge >= 0.3 is 6.09 Å². The van der Waals surface area contributed by atoms with Crippen LogP contribution in [0.2, 0.25) is 0 Å². The summed E-state index contributed by atoms with van der Waals surface area (Å²) >= 11 is 0. The summed E-state index contributed by atoms with van der Waals surface area (Å²) in [5.41, 5.74) is 0.163. The molecule has 0 saturated heterocycles. The molecule has 0 spiro atoms. The molecule has 1 aromatic carbocycles. The second-order valence-electron chi connectivity index (χ2n) is 3.34. The van der Waals surface area contributed by atoms with Crippen LogP contribution in [-0.2, 0) is 0 Å². The van der Waals surface area contributed by atoms with E-state index in [9.17, 15) is 18.7 Å². The van der Waals surface area contributed by atoms with Gasteiger partial charge in [0.25, 0.3) is 0 Å². The van der Waals surface area contributed by atoms with Crippen LogP contribution in [0.1, 0.15) is 18.5 Å². The van der Waals surface area contributed by atoms with Crippen LogP contribution in [0.3, 0.4) is 0 Å². The summed E-state index contributed by atoms with van der Waals surface area (Å²) in [6.07, 6.45) is -2.41. The van der Waals surface area contributed by atoms with Crippen molar-refractivity contribution in [2.75, 3.05) is 0 Å². The standard InChI is InChI=1S/C10H11F2NO3/c1-5(14)9(13-10(15)16)6-2-3-7(11)8(12)4-6/h2-5,9,13-14H,1H3,(H,15,16). The predicted octanol–water partition coefficient (Wildman–Crippen LogP) is 1.65. The van der Waals surface area contributed by atoms with Crippen molar-refractivity contribution < 1.29 is 23.8 Å². The van der Waals surface area contributed by atoms with Gasteiger partial charge in [-0.1, -0.05) is 6.07 Å². The van der Waals surface area contributed by atoms with E-state index >= 15 is 0 Å². The highest BCUT2D eigenvalue weighted by atomic mass is 19.2. The van der Waals surface area contributed by atoms with Crippen LogP contribution in [-0.4, -0.2) is 22.4 Å². The number of aliphatic hydroxyl groups excluding tert-OH is 1. The van der Waals surface area contributed by atoms with E-state index in [1.165, 1.54) is 13.0 Å². The Hall–Kier alpha value is -1.69. The van der Waals surface area contributed by atoms with E-state index in [0.717, 1.165) is 12.1 Å². The number of nitrogens with one attached hydrogen (secondary N) is 1. The smallest absolute Gasteiger partial charge is 0.405 e. The molecule has 88 valence electrons. The first kappa shape index (κ1) is 12.4. The van der Waals surface area contributed by atoms with E-state index in [2.05, 4.69) is 0 Å². The molecule has 0 fully saturated rings. The van der Waals surface area contributed by atoms with Crippen LogP contribution in [0.5, 0.6) is 0 Å². The summed E-state index contributed by atoms with van der Waals surface area (Å²) in [5, 5.41) is 19.9. The molecule has 0 radical (unpaired) electrons. The van der Waals surface area contributed by atoms with E-state index in [-0.39, 0.29) is 5.56 Å². The zero-order valence-corrected chi connectivity index (χ0v) is 8.45. The third-order valence-corrected chi connectivity index (χ3v) is 2.06. The van der Waals surface area contributed by atoms with Crippen molar-refractivity contribution in [3.8, 4) is 0 Å². The van der Waals surface area contributed by atoms with Gasteiger partial charge in [-0.05, 0) is 24.6 Å². The third kappa shape index (κ3) is 2.90. The number of benzene rings is 1. The van der Waals surface area contributed by atoms with Crippen LogP contribution < -0.4 is 5.32 Å².